The van der Waals surface area contributed by atoms with Gasteiger partial charge >= 0.3 is 5.97 Å². The summed E-state index contributed by atoms with van der Waals surface area (Å²) in [5, 5.41) is 13.8. The van der Waals surface area contributed by atoms with Crippen LogP contribution < -0.4 is 5.32 Å². The number of halogens is 1. The van der Waals surface area contributed by atoms with E-state index in [0.717, 1.165) is 4.88 Å². The predicted molar refractivity (Wildman–Crippen MR) is 78.9 cm³/mol. The number of hydrogen-bond acceptors (Lipinski definition) is 7. The Labute approximate surface area is 128 Å². The number of non-ortho nitro benzene ring substituents is 1. The lowest BCUT2D eigenvalue weighted by atomic mass is 10.1. The van der Waals surface area contributed by atoms with E-state index in [1.165, 1.54) is 36.6 Å². The summed E-state index contributed by atoms with van der Waals surface area (Å²) >= 11 is 7.01. The van der Waals surface area contributed by atoms with E-state index in [1.54, 1.807) is 6.20 Å². The molecule has 2 rings (SSSR count). The zero-order valence-electron chi connectivity index (χ0n) is 10.8. The molecule has 21 heavy (non-hydrogen) atoms. The van der Waals surface area contributed by atoms with Gasteiger partial charge in [0.25, 0.3) is 5.69 Å². The molecule has 0 unspecified atom stereocenters. The normalized spacial score (nSPS) is 10.2. The van der Waals surface area contributed by atoms with Crippen molar-refractivity contribution in [3.63, 3.8) is 0 Å². The lowest BCUT2D eigenvalue weighted by molar-refractivity contribution is -0.384. The van der Waals surface area contributed by atoms with Crippen molar-refractivity contribution in [2.45, 2.75) is 6.54 Å². The van der Waals surface area contributed by atoms with E-state index in [9.17, 15) is 14.9 Å². The molecule has 9 heteroatoms. The minimum atomic E-state index is -0.574. The summed E-state index contributed by atoms with van der Waals surface area (Å²) in [5.74, 6) is -0.574. The molecule has 0 bridgehead atoms. The fourth-order valence-corrected chi connectivity index (χ4v) is 2.55. The molecular weight excluding hydrogens is 318 g/mol. The molecule has 1 aromatic carbocycles. The summed E-state index contributed by atoms with van der Waals surface area (Å²) in [6, 6.07) is 3.89. The predicted octanol–water partition coefficient (Wildman–Crippen LogP) is 3.10. The van der Waals surface area contributed by atoms with E-state index in [1.807, 2.05) is 0 Å². The molecule has 2 aromatic rings. The van der Waals surface area contributed by atoms with E-state index >= 15 is 0 Å². The third kappa shape index (κ3) is 3.67. The Kier molecular flexibility index (Phi) is 4.71. The van der Waals surface area contributed by atoms with E-state index < -0.39 is 10.9 Å². The molecule has 1 aromatic heterocycles. The molecule has 0 saturated carbocycles. The van der Waals surface area contributed by atoms with Crippen LogP contribution in [0.1, 0.15) is 15.2 Å². The SMILES string of the molecule is COC(=O)c1ccc([N+](=O)[O-])cc1NCc1cnc(Cl)s1. The average molecular weight is 328 g/mol. The summed E-state index contributed by atoms with van der Waals surface area (Å²) in [4.78, 5) is 26.7. The van der Waals surface area contributed by atoms with Crippen LogP contribution in [0.4, 0.5) is 11.4 Å². The largest absolute Gasteiger partial charge is 0.465 e. The van der Waals surface area contributed by atoms with Gasteiger partial charge in [0.2, 0.25) is 0 Å². The number of nitro groups is 1. The Morgan fingerprint density at radius 1 is 1.57 bits per heavy atom. The van der Waals surface area contributed by atoms with Crippen molar-refractivity contribution < 1.29 is 14.5 Å². The van der Waals surface area contributed by atoms with E-state index in [0.29, 0.717) is 16.7 Å². The number of benzene rings is 1. The number of carbonyl (C=O) groups is 1. The zero-order valence-corrected chi connectivity index (χ0v) is 12.4. The Morgan fingerprint density at radius 3 is 2.90 bits per heavy atom. The van der Waals surface area contributed by atoms with Gasteiger partial charge in [0.15, 0.2) is 4.47 Å². The first-order chi connectivity index (χ1) is 10.0. The van der Waals surface area contributed by atoms with Crippen LogP contribution in [-0.2, 0) is 11.3 Å². The third-order valence-electron chi connectivity index (χ3n) is 2.60. The summed E-state index contributed by atoms with van der Waals surface area (Å²) in [6.07, 6.45) is 1.59. The summed E-state index contributed by atoms with van der Waals surface area (Å²) in [5.41, 5.74) is 0.423. The first kappa shape index (κ1) is 15.2. The van der Waals surface area contributed by atoms with Crippen LogP contribution >= 0.6 is 22.9 Å². The van der Waals surface area contributed by atoms with Gasteiger partial charge in [0.05, 0.1) is 29.8 Å². The second kappa shape index (κ2) is 6.51. The minimum absolute atomic E-state index is 0.118. The van der Waals surface area contributed by atoms with Gasteiger partial charge in [0.1, 0.15) is 0 Å². The summed E-state index contributed by atoms with van der Waals surface area (Å²) in [6.45, 7) is 0.343. The van der Waals surface area contributed by atoms with Crippen LogP contribution in [0.25, 0.3) is 0 Å². The third-order valence-corrected chi connectivity index (χ3v) is 3.71. The fraction of sp³-hybridized carbons (Fsp3) is 0.167. The number of hydrogen-bond donors (Lipinski definition) is 1. The van der Waals surface area contributed by atoms with E-state index in [2.05, 4.69) is 15.0 Å². The molecule has 1 heterocycles. The van der Waals surface area contributed by atoms with Crippen LogP contribution in [0, 0.1) is 10.1 Å². The standard InChI is InChI=1S/C12H10ClN3O4S/c1-20-11(17)9-3-2-7(16(18)19)4-10(9)14-5-8-6-15-12(13)21-8/h2-4,6,14H,5H2,1H3. The molecular formula is C12H10ClN3O4S. The van der Waals surface area contributed by atoms with Gasteiger partial charge in [-0.3, -0.25) is 10.1 Å². The van der Waals surface area contributed by atoms with Crippen molar-refractivity contribution in [2.24, 2.45) is 0 Å². The Balaban J connectivity index is 2.27. The van der Waals surface area contributed by atoms with Crippen molar-refractivity contribution >= 4 is 40.3 Å². The Bertz CT molecular complexity index is 689. The number of nitrogens with zero attached hydrogens (tertiary/aromatic N) is 2. The van der Waals surface area contributed by atoms with Gasteiger partial charge in [-0.1, -0.05) is 11.6 Å². The molecule has 0 atom stereocenters. The van der Waals surface area contributed by atoms with Crippen molar-refractivity contribution in [3.8, 4) is 0 Å². The molecule has 0 amide bonds. The summed E-state index contributed by atoms with van der Waals surface area (Å²) in [7, 11) is 1.25. The molecule has 0 saturated heterocycles. The topological polar surface area (TPSA) is 94.4 Å². The van der Waals surface area contributed by atoms with Crippen LogP contribution in [0.3, 0.4) is 0 Å². The number of esters is 1. The minimum Gasteiger partial charge on any atom is -0.465 e. The monoisotopic (exact) mass is 327 g/mol. The Hall–Kier alpha value is -2.19. The Morgan fingerprint density at radius 2 is 2.33 bits per heavy atom. The van der Waals surface area contributed by atoms with Gasteiger partial charge in [-0.2, -0.15) is 0 Å². The second-order valence-electron chi connectivity index (χ2n) is 3.91. The molecule has 7 nitrogen and oxygen atoms in total. The molecule has 0 aliphatic rings. The maximum Gasteiger partial charge on any atom is 0.339 e. The van der Waals surface area contributed by atoms with Crippen molar-refractivity contribution in [2.75, 3.05) is 12.4 Å². The number of nitro benzene ring substituents is 1. The zero-order chi connectivity index (χ0) is 15.4. The van der Waals surface area contributed by atoms with E-state index in [4.69, 9.17) is 11.6 Å². The first-order valence-corrected chi connectivity index (χ1v) is 6.91. The van der Waals surface area contributed by atoms with Crippen LogP contribution in [0.15, 0.2) is 24.4 Å². The van der Waals surface area contributed by atoms with Crippen LogP contribution in [-0.4, -0.2) is 23.0 Å². The van der Waals surface area contributed by atoms with Gasteiger partial charge in [-0.25, -0.2) is 9.78 Å². The molecule has 110 valence electrons. The highest BCUT2D eigenvalue weighted by Gasteiger charge is 2.16. The highest BCUT2D eigenvalue weighted by molar-refractivity contribution is 7.15. The van der Waals surface area contributed by atoms with Gasteiger partial charge in [0, 0.05) is 23.2 Å². The second-order valence-corrected chi connectivity index (χ2v) is 5.61. The quantitative estimate of drug-likeness (QED) is 0.515. The number of methoxy groups -OCH3 is 1. The number of aromatic nitrogens is 1. The summed E-state index contributed by atoms with van der Waals surface area (Å²) < 4.78 is 5.06. The fourth-order valence-electron chi connectivity index (χ4n) is 1.63. The number of rotatable bonds is 5. The molecule has 0 aliphatic heterocycles. The van der Waals surface area contributed by atoms with Gasteiger partial charge in [-0.15, -0.1) is 11.3 Å². The lowest BCUT2D eigenvalue weighted by Gasteiger charge is -2.09. The van der Waals surface area contributed by atoms with Crippen molar-refractivity contribution in [3.05, 3.63) is 49.4 Å². The maximum atomic E-state index is 11.7. The molecule has 0 fully saturated rings. The number of nitrogens with one attached hydrogen (secondary N) is 1. The number of ether oxygens (including phenoxy) is 1. The average Bonchev–Trinajstić information content (AvgIpc) is 2.89. The van der Waals surface area contributed by atoms with E-state index in [-0.39, 0.29) is 11.3 Å². The number of anilines is 1. The smallest absolute Gasteiger partial charge is 0.339 e. The van der Waals surface area contributed by atoms with Gasteiger partial charge < -0.3 is 10.1 Å². The lowest BCUT2D eigenvalue weighted by Crippen LogP contribution is -2.08. The maximum absolute atomic E-state index is 11.7. The number of carbonyl (C=O) groups excluding carboxylic acids is 1. The molecule has 1 N–H and O–H groups in total. The van der Waals surface area contributed by atoms with Crippen molar-refractivity contribution in [1.82, 2.24) is 4.98 Å². The molecule has 0 aliphatic carbocycles. The molecule has 0 radical (unpaired) electrons. The molecule has 0 spiro atoms. The van der Waals surface area contributed by atoms with Crippen molar-refractivity contribution in [1.29, 1.82) is 0 Å². The van der Waals surface area contributed by atoms with Crippen LogP contribution in [0.2, 0.25) is 4.47 Å². The van der Waals surface area contributed by atoms with Crippen LogP contribution in [0.5, 0.6) is 0 Å². The first-order valence-electron chi connectivity index (χ1n) is 5.72. The van der Waals surface area contributed by atoms with Gasteiger partial charge in [-0.05, 0) is 6.07 Å². The highest BCUT2D eigenvalue weighted by atomic mass is 35.5. The number of thiazole rings is 1. The highest BCUT2D eigenvalue weighted by Crippen LogP contribution is 2.25.